The van der Waals surface area contributed by atoms with Crippen LogP contribution in [0, 0.1) is 5.82 Å². The number of carbonyl (C=O) groups excluding carboxylic acids is 1. The minimum Gasteiger partial charge on any atom is -0.484 e. The van der Waals surface area contributed by atoms with E-state index in [1.54, 1.807) is 25.2 Å². The van der Waals surface area contributed by atoms with Crippen LogP contribution in [0.4, 0.5) is 4.39 Å². The molecule has 0 atom stereocenters. The Bertz CT molecular complexity index is 863. The van der Waals surface area contributed by atoms with Crippen LogP contribution in [0.3, 0.4) is 0 Å². The Balaban J connectivity index is 1.55. The lowest BCUT2D eigenvalue weighted by Crippen LogP contribution is -2.31. The number of rotatable bonds is 6. The fourth-order valence-electron chi connectivity index (χ4n) is 2.60. The molecule has 3 nitrogen and oxygen atoms in total. The molecule has 0 N–H and O–H groups in total. The van der Waals surface area contributed by atoms with Crippen LogP contribution in [-0.4, -0.2) is 24.5 Å². The van der Waals surface area contributed by atoms with Crippen LogP contribution >= 0.6 is 0 Å². The van der Waals surface area contributed by atoms with E-state index in [0.717, 1.165) is 11.1 Å². The summed E-state index contributed by atoms with van der Waals surface area (Å²) in [6, 6.07) is 24.1. The Morgan fingerprint density at radius 3 is 2.19 bits per heavy atom. The fourth-order valence-corrected chi connectivity index (χ4v) is 2.60. The number of amides is 1. The van der Waals surface area contributed by atoms with E-state index in [9.17, 15) is 9.18 Å². The van der Waals surface area contributed by atoms with Crippen molar-refractivity contribution in [2.45, 2.75) is 6.54 Å². The molecule has 0 fully saturated rings. The van der Waals surface area contributed by atoms with Gasteiger partial charge in [-0.15, -0.1) is 0 Å². The zero-order valence-electron chi connectivity index (χ0n) is 14.6. The van der Waals surface area contributed by atoms with Gasteiger partial charge in [0, 0.05) is 19.2 Å². The molecule has 0 saturated carbocycles. The SMILES string of the molecule is CN(Cc1ccccc1F)C(=O)COc1ccc(-c2ccccc2)cc1. The van der Waals surface area contributed by atoms with Crippen molar-refractivity contribution in [2.24, 2.45) is 0 Å². The zero-order chi connectivity index (χ0) is 18.4. The molecule has 0 bridgehead atoms. The van der Waals surface area contributed by atoms with E-state index in [2.05, 4.69) is 0 Å². The molecule has 0 saturated heterocycles. The molecular weight excluding hydrogens is 329 g/mol. The number of carbonyl (C=O) groups is 1. The summed E-state index contributed by atoms with van der Waals surface area (Å²) in [5.41, 5.74) is 2.69. The van der Waals surface area contributed by atoms with Crippen LogP contribution in [0.5, 0.6) is 5.75 Å². The molecule has 3 aromatic rings. The summed E-state index contributed by atoms with van der Waals surface area (Å²) in [4.78, 5) is 13.7. The first-order chi connectivity index (χ1) is 12.6. The second kappa shape index (κ2) is 8.30. The van der Waals surface area contributed by atoms with Gasteiger partial charge >= 0.3 is 0 Å². The molecule has 3 aromatic carbocycles. The first-order valence-corrected chi connectivity index (χ1v) is 8.39. The molecule has 0 aliphatic rings. The molecule has 1 amide bonds. The van der Waals surface area contributed by atoms with Gasteiger partial charge < -0.3 is 9.64 Å². The van der Waals surface area contributed by atoms with Gasteiger partial charge in [-0.2, -0.15) is 0 Å². The van der Waals surface area contributed by atoms with Crippen molar-refractivity contribution in [3.63, 3.8) is 0 Å². The summed E-state index contributed by atoms with van der Waals surface area (Å²) >= 11 is 0. The van der Waals surface area contributed by atoms with Crippen LogP contribution in [0.15, 0.2) is 78.9 Å². The zero-order valence-corrected chi connectivity index (χ0v) is 14.6. The molecule has 0 radical (unpaired) electrons. The third-order valence-electron chi connectivity index (χ3n) is 4.11. The minimum absolute atomic E-state index is 0.0877. The first-order valence-electron chi connectivity index (χ1n) is 8.39. The molecule has 0 aliphatic heterocycles. The van der Waals surface area contributed by atoms with Crippen molar-refractivity contribution < 1.29 is 13.9 Å². The van der Waals surface area contributed by atoms with Crippen LogP contribution < -0.4 is 4.74 Å². The second-order valence-electron chi connectivity index (χ2n) is 6.02. The Hall–Kier alpha value is -3.14. The highest BCUT2D eigenvalue weighted by molar-refractivity contribution is 5.77. The summed E-state index contributed by atoms with van der Waals surface area (Å²) < 4.78 is 19.2. The summed E-state index contributed by atoms with van der Waals surface area (Å²) in [6.07, 6.45) is 0. The molecular formula is C22H20FNO2. The summed E-state index contributed by atoms with van der Waals surface area (Å²) in [5.74, 6) is 0.0993. The smallest absolute Gasteiger partial charge is 0.260 e. The van der Waals surface area contributed by atoms with Crippen LogP contribution in [-0.2, 0) is 11.3 Å². The number of hydrogen-bond donors (Lipinski definition) is 0. The largest absolute Gasteiger partial charge is 0.484 e. The normalized spacial score (nSPS) is 10.4. The summed E-state index contributed by atoms with van der Waals surface area (Å²) in [7, 11) is 1.64. The lowest BCUT2D eigenvalue weighted by molar-refractivity contribution is -0.132. The van der Waals surface area contributed by atoms with Gasteiger partial charge in [0.25, 0.3) is 5.91 Å². The van der Waals surface area contributed by atoms with E-state index in [4.69, 9.17) is 4.74 Å². The number of nitrogens with zero attached hydrogens (tertiary/aromatic N) is 1. The minimum atomic E-state index is -0.315. The molecule has 0 unspecified atom stereocenters. The van der Waals surface area contributed by atoms with Crippen molar-refractivity contribution >= 4 is 5.91 Å². The highest BCUT2D eigenvalue weighted by Crippen LogP contribution is 2.22. The van der Waals surface area contributed by atoms with Crippen molar-refractivity contribution in [1.29, 1.82) is 0 Å². The maximum atomic E-state index is 13.7. The second-order valence-corrected chi connectivity index (χ2v) is 6.02. The number of ether oxygens (including phenoxy) is 1. The fraction of sp³-hybridized carbons (Fsp3) is 0.136. The van der Waals surface area contributed by atoms with E-state index in [1.165, 1.54) is 11.0 Å². The summed E-state index contributed by atoms with van der Waals surface area (Å²) in [6.45, 7) is 0.122. The van der Waals surface area contributed by atoms with Crippen molar-refractivity contribution in [2.75, 3.05) is 13.7 Å². The number of benzene rings is 3. The van der Waals surface area contributed by atoms with Gasteiger partial charge in [0.15, 0.2) is 6.61 Å². The van der Waals surface area contributed by atoms with Gasteiger partial charge in [-0.05, 0) is 29.3 Å². The predicted octanol–water partition coefficient (Wildman–Crippen LogP) is 4.53. The molecule has 0 aliphatic carbocycles. The van der Waals surface area contributed by atoms with E-state index in [0.29, 0.717) is 11.3 Å². The Morgan fingerprint density at radius 2 is 1.50 bits per heavy atom. The summed E-state index contributed by atoms with van der Waals surface area (Å²) in [5, 5.41) is 0. The van der Waals surface area contributed by atoms with Crippen molar-refractivity contribution in [3.8, 4) is 16.9 Å². The third-order valence-corrected chi connectivity index (χ3v) is 4.11. The highest BCUT2D eigenvalue weighted by atomic mass is 19.1. The molecule has 4 heteroatoms. The standard InChI is InChI=1S/C22H20FNO2/c1-24(15-19-9-5-6-10-21(19)23)22(25)16-26-20-13-11-18(12-14-20)17-7-3-2-4-8-17/h2-14H,15-16H2,1H3. The van der Waals surface area contributed by atoms with E-state index >= 15 is 0 Å². The first kappa shape index (κ1) is 17.7. The molecule has 3 rings (SSSR count). The Kier molecular flexibility index (Phi) is 5.64. The van der Waals surface area contributed by atoms with Gasteiger partial charge in [-0.25, -0.2) is 4.39 Å². The van der Waals surface area contributed by atoms with Crippen LogP contribution in [0.1, 0.15) is 5.56 Å². The van der Waals surface area contributed by atoms with Crippen molar-refractivity contribution in [3.05, 3.63) is 90.2 Å². The molecule has 0 spiro atoms. The molecule has 0 heterocycles. The average molecular weight is 349 g/mol. The molecule has 0 aromatic heterocycles. The maximum absolute atomic E-state index is 13.7. The lowest BCUT2D eigenvalue weighted by atomic mass is 10.1. The average Bonchev–Trinajstić information content (AvgIpc) is 2.69. The van der Waals surface area contributed by atoms with Gasteiger partial charge in [0.1, 0.15) is 11.6 Å². The van der Waals surface area contributed by atoms with Gasteiger partial charge in [0.05, 0.1) is 0 Å². The lowest BCUT2D eigenvalue weighted by Gasteiger charge is -2.18. The number of halogens is 1. The number of likely N-dealkylation sites (N-methyl/N-ethyl adjacent to an activating group) is 1. The monoisotopic (exact) mass is 349 g/mol. The molecule has 26 heavy (non-hydrogen) atoms. The third kappa shape index (κ3) is 4.48. The molecule has 132 valence electrons. The van der Waals surface area contributed by atoms with E-state index in [1.807, 2.05) is 54.6 Å². The Morgan fingerprint density at radius 1 is 0.885 bits per heavy atom. The Labute approximate surface area is 152 Å². The predicted molar refractivity (Wildman–Crippen MR) is 100 cm³/mol. The van der Waals surface area contributed by atoms with Gasteiger partial charge in [-0.3, -0.25) is 4.79 Å². The quantitative estimate of drug-likeness (QED) is 0.654. The van der Waals surface area contributed by atoms with Gasteiger partial charge in [0.2, 0.25) is 0 Å². The maximum Gasteiger partial charge on any atom is 0.260 e. The van der Waals surface area contributed by atoms with E-state index in [-0.39, 0.29) is 24.9 Å². The van der Waals surface area contributed by atoms with Crippen LogP contribution in [0.25, 0.3) is 11.1 Å². The van der Waals surface area contributed by atoms with Gasteiger partial charge in [-0.1, -0.05) is 60.7 Å². The highest BCUT2D eigenvalue weighted by Gasteiger charge is 2.12. The van der Waals surface area contributed by atoms with Crippen LogP contribution in [0.2, 0.25) is 0 Å². The van der Waals surface area contributed by atoms with Crippen molar-refractivity contribution in [1.82, 2.24) is 4.90 Å². The topological polar surface area (TPSA) is 29.5 Å². The van der Waals surface area contributed by atoms with E-state index < -0.39 is 0 Å². The number of hydrogen-bond acceptors (Lipinski definition) is 2.